The molecule has 2 rings (SSSR count). The zero-order chi connectivity index (χ0) is 26.4. The Morgan fingerprint density at radius 3 is 2.46 bits per heavy atom. The Hall–Kier alpha value is -3.54. The number of aliphatic hydroxyl groups is 1. The molecule has 0 saturated carbocycles. The monoisotopic (exact) mass is 493 g/mol. The Morgan fingerprint density at radius 1 is 1.29 bits per heavy atom. The second-order valence-corrected chi connectivity index (χ2v) is 8.57. The lowest BCUT2D eigenvalue weighted by atomic mass is 10.0. The lowest BCUT2D eigenvalue weighted by molar-refractivity contribution is -0.151. The zero-order valence-electron chi connectivity index (χ0n) is 20.5. The van der Waals surface area contributed by atoms with Gasteiger partial charge in [0.2, 0.25) is 5.75 Å². The number of rotatable bonds is 8. The Balaban J connectivity index is 2.49. The molecule has 1 aromatic rings. The quantitative estimate of drug-likeness (QED) is 0.451. The number of amides is 3. The summed E-state index contributed by atoms with van der Waals surface area (Å²) in [6, 6.07) is -1.76. The molecule has 1 aromatic heterocycles. The maximum Gasteiger partial charge on any atom is 0.312 e. The molecule has 0 aromatic carbocycles. The SMILES string of the molecule is CCC(c1nc(C(=O)NCC2C=CC(F)=CC2)c(O)c(=O)n1C(C)CO)N(C)C(=O)C(=O)N(C)C. The maximum absolute atomic E-state index is 13.2. The van der Waals surface area contributed by atoms with E-state index in [2.05, 4.69) is 10.3 Å². The average Bonchev–Trinajstić information content (AvgIpc) is 2.84. The Morgan fingerprint density at radius 2 is 1.94 bits per heavy atom. The van der Waals surface area contributed by atoms with E-state index in [-0.39, 0.29) is 30.5 Å². The number of aromatic hydroxyl groups is 1. The van der Waals surface area contributed by atoms with Crippen LogP contribution in [0.5, 0.6) is 5.75 Å². The number of halogens is 1. The first-order valence-corrected chi connectivity index (χ1v) is 11.2. The predicted molar refractivity (Wildman–Crippen MR) is 125 cm³/mol. The highest BCUT2D eigenvalue weighted by Gasteiger charge is 2.33. The van der Waals surface area contributed by atoms with Gasteiger partial charge >= 0.3 is 11.8 Å². The molecule has 3 atom stereocenters. The average molecular weight is 494 g/mol. The molecule has 12 heteroatoms. The third-order valence-corrected chi connectivity index (χ3v) is 5.77. The highest BCUT2D eigenvalue weighted by Crippen LogP contribution is 2.26. The lowest BCUT2D eigenvalue weighted by Crippen LogP contribution is -2.44. The van der Waals surface area contributed by atoms with Crippen molar-refractivity contribution in [2.75, 3.05) is 34.3 Å². The summed E-state index contributed by atoms with van der Waals surface area (Å²) in [5, 5.41) is 22.8. The van der Waals surface area contributed by atoms with Crippen LogP contribution in [0.15, 0.2) is 28.8 Å². The van der Waals surface area contributed by atoms with E-state index in [1.807, 2.05) is 0 Å². The second-order valence-electron chi connectivity index (χ2n) is 8.57. The fourth-order valence-electron chi connectivity index (χ4n) is 3.65. The Labute approximate surface area is 202 Å². The molecule has 0 spiro atoms. The van der Waals surface area contributed by atoms with Crippen molar-refractivity contribution >= 4 is 17.7 Å². The smallest absolute Gasteiger partial charge is 0.312 e. The molecule has 192 valence electrons. The molecule has 11 nitrogen and oxygen atoms in total. The van der Waals surface area contributed by atoms with Gasteiger partial charge in [0.1, 0.15) is 11.7 Å². The summed E-state index contributed by atoms with van der Waals surface area (Å²) in [5.74, 6) is -4.01. The number of carbonyl (C=O) groups excluding carboxylic acids is 3. The zero-order valence-corrected chi connectivity index (χ0v) is 20.5. The molecule has 1 aliphatic carbocycles. The van der Waals surface area contributed by atoms with Crippen molar-refractivity contribution in [3.8, 4) is 5.75 Å². The van der Waals surface area contributed by atoms with Crippen molar-refractivity contribution in [1.82, 2.24) is 24.7 Å². The van der Waals surface area contributed by atoms with Gasteiger partial charge in [-0.15, -0.1) is 0 Å². The van der Waals surface area contributed by atoms with E-state index >= 15 is 0 Å². The molecule has 0 fully saturated rings. The molecule has 1 heterocycles. The number of nitrogens with zero attached hydrogens (tertiary/aromatic N) is 4. The van der Waals surface area contributed by atoms with Crippen molar-refractivity contribution in [2.24, 2.45) is 5.92 Å². The van der Waals surface area contributed by atoms with Gasteiger partial charge in [-0.1, -0.05) is 13.0 Å². The summed E-state index contributed by atoms with van der Waals surface area (Å²) in [7, 11) is 4.21. The van der Waals surface area contributed by atoms with Gasteiger partial charge in [-0.2, -0.15) is 0 Å². The summed E-state index contributed by atoms with van der Waals surface area (Å²) in [6.07, 6.45) is 4.86. The first-order chi connectivity index (χ1) is 16.4. The van der Waals surface area contributed by atoms with E-state index in [0.717, 1.165) is 14.4 Å². The predicted octanol–water partition coefficient (Wildman–Crippen LogP) is 0.659. The number of aliphatic hydroxyl groups excluding tert-OH is 1. The number of hydrogen-bond donors (Lipinski definition) is 3. The van der Waals surface area contributed by atoms with Crippen molar-refractivity contribution in [3.05, 3.63) is 45.9 Å². The number of likely N-dealkylation sites (N-methyl/N-ethyl adjacent to an activating group) is 2. The highest BCUT2D eigenvalue weighted by molar-refractivity contribution is 6.34. The van der Waals surface area contributed by atoms with Crippen molar-refractivity contribution in [2.45, 2.75) is 38.8 Å². The van der Waals surface area contributed by atoms with Crippen molar-refractivity contribution in [3.63, 3.8) is 0 Å². The molecule has 0 bridgehead atoms. The van der Waals surface area contributed by atoms with Crippen LogP contribution in [0.25, 0.3) is 0 Å². The molecule has 3 amide bonds. The topological polar surface area (TPSA) is 145 Å². The van der Waals surface area contributed by atoms with E-state index in [4.69, 9.17) is 0 Å². The molecule has 3 unspecified atom stereocenters. The van der Waals surface area contributed by atoms with Crippen LogP contribution in [0, 0.1) is 5.92 Å². The molecule has 1 aliphatic rings. The van der Waals surface area contributed by atoms with Crippen LogP contribution in [0.1, 0.15) is 55.1 Å². The van der Waals surface area contributed by atoms with Crippen LogP contribution in [0.4, 0.5) is 4.39 Å². The van der Waals surface area contributed by atoms with Crippen LogP contribution in [-0.4, -0.2) is 81.6 Å². The first kappa shape index (κ1) is 27.7. The van der Waals surface area contributed by atoms with Gasteiger partial charge in [-0.25, -0.2) is 9.37 Å². The minimum atomic E-state index is -0.970. The van der Waals surface area contributed by atoms with Gasteiger partial charge in [0.25, 0.3) is 11.5 Å². The molecular formula is C23H32FN5O6. The number of allylic oxidation sites excluding steroid dienone is 3. The fourth-order valence-corrected chi connectivity index (χ4v) is 3.65. The van der Waals surface area contributed by atoms with Crippen LogP contribution in [-0.2, 0) is 9.59 Å². The van der Waals surface area contributed by atoms with Crippen molar-refractivity contribution < 1.29 is 29.0 Å². The van der Waals surface area contributed by atoms with E-state index in [1.54, 1.807) is 13.0 Å². The molecule has 0 aliphatic heterocycles. The standard InChI is InChI=1S/C23H32FN5O6/c1-6-16(28(5)23(35)22(34)27(3)4)19-26-17(18(31)21(33)29(19)13(2)12-30)20(32)25-11-14-7-9-15(24)10-8-14/h7,9-10,13-14,16,30-31H,6,8,11-12H2,1-5H3,(H,25,32). The minimum absolute atomic E-state index is 0.0630. The summed E-state index contributed by atoms with van der Waals surface area (Å²) in [5.41, 5.74) is -1.52. The second kappa shape index (κ2) is 11.7. The fraction of sp³-hybridized carbons (Fsp3) is 0.522. The maximum atomic E-state index is 13.2. The number of aromatic nitrogens is 2. The van der Waals surface area contributed by atoms with Crippen LogP contribution in [0.3, 0.4) is 0 Å². The lowest BCUT2D eigenvalue weighted by Gasteiger charge is -2.30. The third-order valence-electron chi connectivity index (χ3n) is 5.77. The van der Waals surface area contributed by atoms with E-state index in [1.165, 1.54) is 40.2 Å². The van der Waals surface area contributed by atoms with Gasteiger partial charge in [0.05, 0.1) is 18.7 Å². The minimum Gasteiger partial charge on any atom is -0.501 e. The summed E-state index contributed by atoms with van der Waals surface area (Å²) in [6.45, 7) is 2.83. The number of hydrogen-bond acceptors (Lipinski definition) is 7. The van der Waals surface area contributed by atoms with E-state index in [0.29, 0.717) is 6.42 Å². The first-order valence-electron chi connectivity index (χ1n) is 11.2. The van der Waals surface area contributed by atoms with E-state index < -0.39 is 53.4 Å². The summed E-state index contributed by atoms with van der Waals surface area (Å²) >= 11 is 0. The van der Waals surface area contributed by atoms with Crippen LogP contribution < -0.4 is 10.9 Å². The molecule has 0 radical (unpaired) electrons. The van der Waals surface area contributed by atoms with Gasteiger partial charge in [0, 0.05) is 27.7 Å². The van der Waals surface area contributed by atoms with Crippen LogP contribution >= 0.6 is 0 Å². The highest BCUT2D eigenvalue weighted by atomic mass is 19.1. The van der Waals surface area contributed by atoms with Crippen molar-refractivity contribution in [1.29, 1.82) is 0 Å². The normalized spacial score (nSPS) is 16.8. The van der Waals surface area contributed by atoms with Gasteiger partial charge in [0.15, 0.2) is 5.69 Å². The largest absolute Gasteiger partial charge is 0.501 e. The van der Waals surface area contributed by atoms with Gasteiger partial charge in [-0.05, 0) is 37.8 Å². The Bertz CT molecular complexity index is 1100. The third kappa shape index (κ3) is 6.13. The molecule has 0 saturated heterocycles. The number of nitrogens with one attached hydrogen (secondary N) is 1. The molecule has 3 N–H and O–H groups in total. The summed E-state index contributed by atoms with van der Waals surface area (Å²) in [4.78, 5) is 57.3. The Kier molecular flexibility index (Phi) is 9.29. The molecule has 35 heavy (non-hydrogen) atoms. The van der Waals surface area contributed by atoms with Crippen LogP contribution in [0.2, 0.25) is 0 Å². The van der Waals surface area contributed by atoms with E-state index in [9.17, 15) is 33.8 Å². The van der Waals surface area contributed by atoms with Gasteiger partial charge in [-0.3, -0.25) is 23.7 Å². The summed E-state index contributed by atoms with van der Waals surface area (Å²) < 4.78 is 14.2. The van der Waals surface area contributed by atoms with Gasteiger partial charge < -0.3 is 25.3 Å². The molecular weight excluding hydrogens is 461 g/mol. The number of carbonyl (C=O) groups is 3.